The molecule has 0 radical (unpaired) electrons. The molecule has 0 saturated carbocycles. The second kappa shape index (κ2) is 19.9. The van der Waals surface area contributed by atoms with Crippen LogP contribution in [-0.4, -0.2) is 115 Å². The van der Waals surface area contributed by atoms with E-state index in [0.29, 0.717) is 36.6 Å². The van der Waals surface area contributed by atoms with Crippen LogP contribution < -0.4 is 29.6 Å². The van der Waals surface area contributed by atoms with E-state index in [9.17, 15) is 9.59 Å². The minimum Gasteiger partial charge on any atom is -0.481 e. The van der Waals surface area contributed by atoms with Gasteiger partial charge in [0.05, 0.1) is 76.4 Å². The van der Waals surface area contributed by atoms with Gasteiger partial charge < -0.3 is 49.3 Å². The molecular formula is C48H58N12O6. The number of nitrogens with one attached hydrogen (secondary N) is 4. The molecule has 2 aromatic carbocycles. The Labute approximate surface area is 384 Å². The van der Waals surface area contributed by atoms with Gasteiger partial charge in [-0.25, -0.2) is 9.97 Å². The Morgan fingerprint density at radius 2 is 0.894 bits per heavy atom. The molecule has 1 unspecified atom stereocenters. The number of carbonyl (C=O) groups excluding carboxylic acids is 2. The molecule has 2 fully saturated rings. The Morgan fingerprint density at radius 1 is 0.561 bits per heavy atom. The van der Waals surface area contributed by atoms with Crippen molar-refractivity contribution < 1.29 is 28.5 Å². The first kappa shape index (κ1) is 45.3. The second-order valence-electron chi connectivity index (χ2n) is 17.2. The number of aromatic nitrogens is 8. The standard InChI is InChI=1S/C48H58N12O6/c1-27(2)41(57-47-53-37(63-5)23-38(54-47)64-6)45(61)59-21-9-11-35(59)43-49-25-33(51-43)31-17-13-29(14-18-31)30-15-19-32(20-16-30)34-26-50-44(52-34)36-12-10-22-60(36)46(62)42(28(3)4)58-48-55-39(65-7)24-40(56-48)66-8/h13-20,23-28,35-36,41-42H,9-12,21-22H2,1-8H3,(H,49,51)(H,50,52)(H,53,54,57)(H,55,56,58)/t35-,36?,41-,42-/m0/s1. The van der Waals surface area contributed by atoms with Crippen LogP contribution in [0.4, 0.5) is 11.9 Å². The van der Waals surface area contributed by atoms with Crippen LogP contribution in [0.25, 0.3) is 33.6 Å². The third kappa shape index (κ3) is 9.72. The fraction of sp³-hybridized carbons (Fsp3) is 0.417. The molecule has 4 atom stereocenters. The van der Waals surface area contributed by atoms with Crippen LogP contribution in [0.3, 0.4) is 0 Å². The lowest BCUT2D eigenvalue weighted by Crippen LogP contribution is -2.45. The number of anilines is 2. The molecule has 6 heterocycles. The third-order valence-corrected chi connectivity index (χ3v) is 12.2. The van der Waals surface area contributed by atoms with E-state index < -0.39 is 12.1 Å². The highest BCUT2D eigenvalue weighted by molar-refractivity contribution is 5.86. The van der Waals surface area contributed by atoms with Crippen molar-refractivity contribution in [2.45, 2.75) is 77.5 Å². The normalized spacial score (nSPS) is 16.9. The smallest absolute Gasteiger partial charge is 0.246 e. The molecule has 18 nitrogen and oxygen atoms in total. The predicted octanol–water partition coefficient (Wildman–Crippen LogP) is 7.35. The van der Waals surface area contributed by atoms with E-state index in [1.807, 2.05) is 49.9 Å². The van der Waals surface area contributed by atoms with Crippen molar-refractivity contribution in [3.05, 3.63) is 84.7 Å². The van der Waals surface area contributed by atoms with Crippen molar-refractivity contribution in [2.75, 3.05) is 52.2 Å². The predicted molar refractivity (Wildman–Crippen MR) is 249 cm³/mol. The number of ether oxygens (including phenoxy) is 4. The Balaban J connectivity index is 0.909. The average molecular weight is 899 g/mol. The number of carbonyl (C=O) groups is 2. The summed E-state index contributed by atoms with van der Waals surface area (Å²) in [5.41, 5.74) is 5.87. The first-order valence-electron chi connectivity index (χ1n) is 22.4. The summed E-state index contributed by atoms with van der Waals surface area (Å²) < 4.78 is 21.3. The number of nitrogens with zero attached hydrogens (tertiary/aromatic N) is 8. The molecule has 0 bridgehead atoms. The monoisotopic (exact) mass is 898 g/mol. The van der Waals surface area contributed by atoms with Gasteiger partial charge in [0.25, 0.3) is 0 Å². The van der Waals surface area contributed by atoms with Crippen LogP contribution in [0.15, 0.2) is 73.1 Å². The van der Waals surface area contributed by atoms with Crippen molar-refractivity contribution in [3.8, 4) is 57.2 Å². The van der Waals surface area contributed by atoms with Crippen molar-refractivity contribution in [2.24, 2.45) is 11.8 Å². The first-order valence-corrected chi connectivity index (χ1v) is 22.4. The maximum Gasteiger partial charge on any atom is 0.246 e. The summed E-state index contributed by atoms with van der Waals surface area (Å²) >= 11 is 0. The molecule has 2 saturated heterocycles. The van der Waals surface area contributed by atoms with Gasteiger partial charge in [-0.05, 0) is 59.8 Å². The van der Waals surface area contributed by atoms with E-state index in [1.54, 1.807) is 12.1 Å². The molecule has 4 N–H and O–H groups in total. The van der Waals surface area contributed by atoms with E-state index in [1.165, 1.54) is 28.4 Å². The zero-order valence-corrected chi connectivity index (χ0v) is 38.7. The number of hydrogen-bond donors (Lipinski definition) is 4. The van der Waals surface area contributed by atoms with Crippen LogP contribution >= 0.6 is 0 Å². The summed E-state index contributed by atoms with van der Waals surface area (Å²) in [5, 5.41) is 6.48. The zero-order chi connectivity index (χ0) is 46.5. The number of benzene rings is 2. The number of rotatable bonds is 17. The molecule has 8 rings (SSSR count). The molecule has 346 valence electrons. The van der Waals surface area contributed by atoms with Crippen LogP contribution in [0.1, 0.15) is 77.1 Å². The molecule has 0 aliphatic carbocycles. The van der Waals surface area contributed by atoms with Crippen molar-refractivity contribution in [3.63, 3.8) is 0 Å². The van der Waals surface area contributed by atoms with Crippen molar-refractivity contribution in [1.29, 1.82) is 0 Å². The molecule has 18 heteroatoms. The largest absolute Gasteiger partial charge is 0.481 e. The third-order valence-electron chi connectivity index (χ3n) is 12.2. The number of H-pyrrole nitrogens is 2. The van der Waals surface area contributed by atoms with Crippen LogP contribution in [-0.2, 0) is 9.59 Å². The summed E-state index contributed by atoms with van der Waals surface area (Å²) in [4.78, 5) is 66.2. The van der Waals surface area contributed by atoms with Gasteiger partial charge >= 0.3 is 0 Å². The summed E-state index contributed by atoms with van der Waals surface area (Å²) in [6, 6.07) is 18.4. The van der Waals surface area contributed by atoms with Crippen LogP contribution in [0.5, 0.6) is 23.5 Å². The minimum absolute atomic E-state index is 0.0422. The number of amides is 2. The van der Waals surface area contributed by atoms with Gasteiger partial charge in [-0.15, -0.1) is 0 Å². The summed E-state index contributed by atoms with van der Waals surface area (Å²) in [6.07, 6.45) is 7.01. The zero-order valence-electron chi connectivity index (χ0n) is 38.7. The fourth-order valence-electron chi connectivity index (χ4n) is 8.64. The quantitative estimate of drug-likeness (QED) is 0.0706. The summed E-state index contributed by atoms with van der Waals surface area (Å²) in [5.74, 6) is 3.21. The molecule has 0 spiro atoms. The van der Waals surface area contributed by atoms with Gasteiger partial charge in [0.15, 0.2) is 0 Å². The maximum atomic E-state index is 14.1. The van der Waals surface area contributed by atoms with Gasteiger partial charge in [-0.2, -0.15) is 19.9 Å². The van der Waals surface area contributed by atoms with Crippen molar-refractivity contribution in [1.82, 2.24) is 49.7 Å². The van der Waals surface area contributed by atoms with Crippen LogP contribution in [0.2, 0.25) is 0 Å². The SMILES string of the molecule is COc1cc(OC)nc(N[C@H](C(=O)N2CCCC2c2ncc(-c3ccc(-c4ccc(-c5cnc([C@@H]6CCCN6C(=O)[C@@H](Nc6nc(OC)cc(OC)n6)C(C)C)[nH]5)cc4)cc3)[nH]2)C(C)C)n1. The molecule has 2 aliphatic rings. The fourth-order valence-corrected chi connectivity index (χ4v) is 8.64. The second-order valence-corrected chi connectivity index (χ2v) is 17.2. The van der Waals surface area contributed by atoms with Gasteiger partial charge in [-0.3, -0.25) is 9.59 Å². The summed E-state index contributed by atoms with van der Waals surface area (Å²) in [6.45, 7) is 9.22. The molecule has 4 aromatic heterocycles. The minimum atomic E-state index is -0.573. The van der Waals surface area contributed by atoms with Gasteiger partial charge in [-0.1, -0.05) is 76.2 Å². The number of imidazole rings is 2. The van der Waals surface area contributed by atoms with Crippen molar-refractivity contribution >= 4 is 23.7 Å². The molecular weight excluding hydrogens is 841 g/mol. The maximum absolute atomic E-state index is 14.1. The molecule has 2 amide bonds. The lowest BCUT2D eigenvalue weighted by molar-refractivity contribution is -0.134. The number of methoxy groups -OCH3 is 4. The lowest BCUT2D eigenvalue weighted by Gasteiger charge is -2.30. The highest BCUT2D eigenvalue weighted by Gasteiger charge is 2.39. The molecule has 66 heavy (non-hydrogen) atoms. The van der Waals surface area contributed by atoms with E-state index in [4.69, 9.17) is 28.9 Å². The Bertz CT molecular complexity index is 2390. The van der Waals surface area contributed by atoms with E-state index in [2.05, 4.69) is 89.1 Å². The molecule has 6 aromatic rings. The Hall–Kier alpha value is -7.24. The van der Waals surface area contributed by atoms with Gasteiger partial charge in [0.1, 0.15) is 23.7 Å². The Kier molecular flexibility index (Phi) is 13.7. The Morgan fingerprint density at radius 3 is 1.21 bits per heavy atom. The van der Waals surface area contributed by atoms with E-state index in [-0.39, 0.29) is 47.6 Å². The van der Waals surface area contributed by atoms with E-state index in [0.717, 1.165) is 71.0 Å². The topological polar surface area (TPSA) is 211 Å². The van der Waals surface area contributed by atoms with E-state index >= 15 is 0 Å². The first-order chi connectivity index (χ1) is 32.0. The highest BCUT2D eigenvalue weighted by Crippen LogP contribution is 2.36. The van der Waals surface area contributed by atoms with Gasteiger partial charge in [0.2, 0.25) is 47.2 Å². The number of hydrogen-bond acceptors (Lipinski definition) is 14. The lowest BCUT2D eigenvalue weighted by atomic mass is 10.0. The van der Waals surface area contributed by atoms with Gasteiger partial charge in [0, 0.05) is 13.1 Å². The average Bonchev–Trinajstić information content (AvgIpc) is 4.19. The number of aromatic amines is 2. The molecule has 2 aliphatic heterocycles. The highest BCUT2D eigenvalue weighted by atomic mass is 16.5. The summed E-state index contributed by atoms with van der Waals surface area (Å²) in [7, 11) is 6.09. The van der Waals surface area contributed by atoms with Crippen LogP contribution in [0, 0.1) is 11.8 Å². The number of likely N-dealkylation sites (tertiary alicyclic amines) is 2.